The van der Waals surface area contributed by atoms with Gasteiger partial charge in [-0.1, -0.05) is 64.2 Å². The van der Waals surface area contributed by atoms with Gasteiger partial charge in [0.2, 0.25) is 0 Å². The fourth-order valence-electron chi connectivity index (χ4n) is 2.12. The maximum atomic E-state index is 2.30. The van der Waals surface area contributed by atoms with E-state index in [1.165, 1.54) is 74.2 Å². The molecule has 0 spiro atoms. The van der Waals surface area contributed by atoms with Crippen molar-refractivity contribution in [3.63, 3.8) is 0 Å². The van der Waals surface area contributed by atoms with Crippen molar-refractivity contribution in [3.05, 3.63) is 0 Å². The molecule has 2 aliphatic rings. The van der Waals surface area contributed by atoms with Gasteiger partial charge in [-0.15, -0.1) is 0 Å². The quantitative estimate of drug-likeness (QED) is 0.549. The Morgan fingerprint density at radius 2 is 0.733 bits per heavy atom. The molecule has 0 amide bonds. The fraction of sp³-hybridized carbons (Fsp3) is 1.00. The SMILES string of the molecule is C1CCCC1.C1CCCC1.C[CH2][Zn][CH2]C. The van der Waals surface area contributed by atoms with Crippen molar-refractivity contribution < 1.29 is 17.1 Å². The third-order valence-electron chi connectivity index (χ3n) is 3.21. The third-order valence-corrected chi connectivity index (χ3v) is 6.17. The number of hydrogen-bond donors (Lipinski definition) is 0. The van der Waals surface area contributed by atoms with Crippen LogP contribution in [0.3, 0.4) is 0 Å². The molecule has 0 aromatic rings. The first-order valence-corrected chi connectivity index (χ1v) is 11.6. The zero-order valence-corrected chi connectivity index (χ0v) is 14.2. The Kier molecular flexibility index (Phi) is 15.2. The van der Waals surface area contributed by atoms with Crippen LogP contribution in [0.25, 0.3) is 0 Å². The van der Waals surface area contributed by atoms with E-state index in [-0.39, 0.29) is 17.1 Å². The molecule has 0 radical (unpaired) electrons. The Labute approximate surface area is 105 Å². The van der Waals surface area contributed by atoms with Gasteiger partial charge < -0.3 is 0 Å². The molecule has 0 atom stereocenters. The summed E-state index contributed by atoms with van der Waals surface area (Å²) in [5.74, 6) is 0. The molecule has 1 heteroatoms. The van der Waals surface area contributed by atoms with Gasteiger partial charge in [0.25, 0.3) is 0 Å². The Morgan fingerprint density at radius 3 is 0.800 bits per heavy atom. The summed E-state index contributed by atoms with van der Waals surface area (Å²) in [7, 11) is 0. The first kappa shape index (κ1) is 15.6. The van der Waals surface area contributed by atoms with Crippen LogP contribution in [0.4, 0.5) is 0 Å². The van der Waals surface area contributed by atoms with Gasteiger partial charge in [0.15, 0.2) is 0 Å². The summed E-state index contributed by atoms with van der Waals surface area (Å²) >= 11 is 0.0972. The predicted molar refractivity (Wildman–Crippen MR) is 67.1 cm³/mol. The van der Waals surface area contributed by atoms with Gasteiger partial charge in [0, 0.05) is 0 Å². The van der Waals surface area contributed by atoms with Crippen LogP contribution in [0.1, 0.15) is 78.1 Å². The van der Waals surface area contributed by atoms with Crippen molar-refractivity contribution in [2.24, 2.45) is 0 Å². The van der Waals surface area contributed by atoms with E-state index < -0.39 is 0 Å². The van der Waals surface area contributed by atoms with E-state index in [1.54, 1.807) is 0 Å². The molecule has 2 aliphatic carbocycles. The van der Waals surface area contributed by atoms with E-state index in [4.69, 9.17) is 0 Å². The topological polar surface area (TPSA) is 0 Å². The summed E-state index contributed by atoms with van der Waals surface area (Å²) < 4.78 is 0. The van der Waals surface area contributed by atoms with Crippen molar-refractivity contribution in [2.75, 3.05) is 0 Å². The second-order valence-electron chi connectivity index (χ2n) is 4.89. The molecule has 2 saturated carbocycles. The van der Waals surface area contributed by atoms with E-state index in [9.17, 15) is 0 Å². The fourth-order valence-corrected chi connectivity index (χ4v) is 3.60. The zero-order valence-electron chi connectivity index (χ0n) is 11.2. The van der Waals surface area contributed by atoms with Crippen molar-refractivity contribution in [1.82, 2.24) is 0 Å². The van der Waals surface area contributed by atoms with Gasteiger partial charge >= 0.3 is 41.0 Å². The van der Waals surface area contributed by atoms with Gasteiger partial charge in [0.05, 0.1) is 0 Å². The average molecular weight is 264 g/mol. The van der Waals surface area contributed by atoms with Crippen LogP contribution < -0.4 is 0 Å². The number of rotatable bonds is 2. The summed E-state index contributed by atoms with van der Waals surface area (Å²) in [6.45, 7) is 4.59. The predicted octanol–water partition coefficient (Wildman–Crippen LogP) is 5.85. The second kappa shape index (κ2) is 14.6. The van der Waals surface area contributed by atoms with Crippen LogP contribution in [0.5, 0.6) is 0 Å². The summed E-state index contributed by atoms with van der Waals surface area (Å²) in [6.07, 6.45) is 15.0. The molecular formula is C14H30Zn. The zero-order chi connectivity index (χ0) is 11.2. The first-order chi connectivity index (χ1) is 7.41. The van der Waals surface area contributed by atoms with E-state index in [0.29, 0.717) is 0 Å². The molecule has 0 bridgehead atoms. The van der Waals surface area contributed by atoms with E-state index in [2.05, 4.69) is 13.8 Å². The Morgan fingerprint density at radius 1 is 0.533 bits per heavy atom. The molecule has 0 nitrogen and oxygen atoms in total. The van der Waals surface area contributed by atoms with Crippen LogP contribution in [-0.2, 0) is 17.1 Å². The van der Waals surface area contributed by atoms with E-state index in [1.807, 2.05) is 0 Å². The van der Waals surface area contributed by atoms with Crippen molar-refractivity contribution in [1.29, 1.82) is 0 Å². The van der Waals surface area contributed by atoms with E-state index >= 15 is 0 Å². The van der Waals surface area contributed by atoms with Crippen molar-refractivity contribution in [2.45, 2.75) is 88.1 Å². The molecule has 0 aromatic heterocycles. The van der Waals surface area contributed by atoms with Gasteiger partial charge in [0.1, 0.15) is 0 Å². The normalized spacial score (nSPS) is 18.3. The number of hydrogen-bond acceptors (Lipinski definition) is 0. The molecule has 0 heterocycles. The molecule has 15 heavy (non-hydrogen) atoms. The van der Waals surface area contributed by atoms with Crippen molar-refractivity contribution >= 4 is 0 Å². The Hall–Kier alpha value is 0.623. The summed E-state index contributed by atoms with van der Waals surface area (Å²) in [5, 5.41) is 3.06. The molecule has 2 fully saturated rings. The van der Waals surface area contributed by atoms with Gasteiger partial charge in [-0.05, 0) is 0 Å². The van der Waals surface area contributed by atoms with Gasteiger partial charge in [-0.3, -0.25) is 0 Å². The molecular weight excluding hydrogens is 234 g/mol. The third kappa shape index (κ3) is 14.6. The molecule has 0 aliphatic heterocycles. The standard InChI is InChI=1S/2C5H10.2C2H5.Zn/c2*1-2-4-5-3-1;2*1-2;/h2*1-5H2;2*1H2,2H3;. The van der Waals surface area contributed by atoms with E-state index in [0.717, 1.165) is 0 Å². The van der Waals surface area contributed by atoms with Gasteiger partial charge in [-0.2, -0.15) is 0 Å². The monoisotopic (exact) mass is 262 g/mol. The Balaban J connectivity index is 0.000000196. The molecule has 0 saturated heterocycles. The molecule has 88 valence electrons. The first-order valence-electron chi connectivity index (χ1n) is 7.41. The van der Waals surface area contributed by atoms with Crippen molar-refractivity contribution in [3.8, 4) is 0 Å². The van der Waals surface area contributed by atoms with Crippen LogP contribution in [0, 0.1) is 0 Å². The summed E-state index contributed by atoms with van der Waals surface area (Å²) in [4.78, 5) is 0. The Bertz CT molecular complexity index is 66.3. The van der Waals surface area contributed by atoms with Gasteiger partial charge in [-0.25, -0.2) is 0 Å². The second-order valence-corrected chi connectivity index (χ2v) is 10.6. The summed E-state index contributed by atoms with van der Waals surface area (Å²) in [6, 6.07) is 0. The van der Waals surface area contributed by atoms with Crippen LogP contribution in [0.2, 0.25) is 10.0 Å². The minimum atomic E-state index is 0.0972. The molecule has 0 aromatic carbocycles. The average Bonchev–Trinajstić information content (AvgIpc) is 2.99. The summed E-state index contributed by atoms with van der Waals surface area (Å²) in [5.41, 5.74) is 0. The van der Waals surface area contributed by atoms with Crippen LogP contribution in [0.15, 0.2) is 0 Å². The maximum absolute atomic E-state index is 2.30. The van der Waals surface area contributed by atoms with Crippen LogP contribution in [-0.4, -0.2) is 0 Å². The molecule has 0 N–H and O–H groups in total. The minimum absolute atomic E-state index is 0.0972. The molecule has 0 unspecified atom stereocenters. The molecule has 2 rings (SSSR count). The van der Waals surface area contributed by atoms with Crippen LogP contribution >= 0.6 is 0 Å².